The molecule has 1 aliphatic rings. The summed E-state index contributed by atoms with van der Waals surface area (Å²) in [5.41, 5.74) is 2.06. The molecule has 1 heterocycles. The SMILES string of the molecule is CN(CC#N)C(=O)c1csc2c1CCCCC2. The van der Waals surface area contributed by atoms with Crippen LogP contribution in [0.4, 0.5) is 0 Å². The highest BCUT2D eigenvalue weighted by molar-refractivity contribution is 7.10. The van der Waals surface area contributed by atoms with E-state index in [1.165, 1.54) is 34.6 Å². The van der Waals surface area contributed by atoms with Crippen LogP contribution in [-0.4, -0.2) is 24.4 Å². The molecule has 0 radical (unpaired) electrons. The van der Waals surface area contributed by atoms with Crippen molar-refractivity contribution in [3.05, 3.63) is 21.4 Å². The second kappa shape index (κ2) is 5.33. The molecule has 1 aromatic heterocycles. The summed E-state index contributed by atoms with van der Waals surface area (Å²) in [6, 6.07) is 2.01. The standard InChI is InChI=1S/C13H16N2OS/c1-15(8-7-14)13(16)11-9-17-12-6-4-2-3-5-10(11)12/h9H,2-6,8H2,1H3. The summed E-state index contributed by atoms with van der Waals surface area (Å²) in [5.74, 6) is -0.00838. The lowest BCUT2D eigenvalue weighted by Gasteiger charge is -2.13. The van der Waals surface area contributed by atoms with Crippen molar-refractivity contribution >= 4 is 17.2 Å². The van der Waals surface area contributed by atoms with Crippen molar-refractivity contribution in [2.75, 3.05) is 13.6 Å². The molecule has 1 aliphatic carbocycles. The zero-order valence-electron chi connectivity index (χ0n) is 10.0. The number of fused-ring (bicyclic) bond motifs is 1. The number of carbonyl (C=O) groups is 1. The largest absolute Gasteiger partial charge is 0.328 e. The van der Waals surface area contributed by atoms with Crippen molar-refractivity contribution in [3.8, 4) is 6.07 Å². The number of aryl methyl sites for hydroxylation is 1. The number of hydrogen-bond acceptors (Lipinski definition) is 3. The van der Waals surface area contributed by atoms with Gasteiger partial charge in [-0.1, -0.05) is 6.42 Å². The van der Waals surface area contributed by atoms with Gasteiger partial charge in [0, 0.05) is 17.3 Å². The predicted molar refractivity (Wildman–Crippen MR) is 68.2 cm³/mol. The summed E-state index contributed by atoms with van der Waals surface area (Å²) in [7, 11) is 1.69. The lowest BCUT2D eigenvalue weighted by molar-refractivity contribution is 0.0811. The van der Waals surface area contributed by atoms with Gasteiger partial charge < -0.3 is 4.90 Å². The second-order valence-corrected chi connectivity index (χ2v) is 5.40. The minimum atomic E-state index is -0.00838. The molecule has 0 spiro atoms. The fraction of sp³-hybridized carbons (Fsp3) is 0.538. The molecular weight excluding hydrogens is 232 g/mol. The van der Waals surface area contributed by atoms with Gasteiger partial charge in [-0.15, -0.1) is 11.3 Å². The maximum Gasteiger partial charge on any atom is 0.255 e. The van der Waals surface area contributed by atoms with Gasteiger partial charge in [0.15, 0.2) is 0 Å². The van der Waals surface area contributed by atoms with Crippen molar-refractivity contribution in [2.24, 2.45) is 0 Å². The van der Waals surface area contributed by atoms with E-state index in [9.17, 15) is 4.79 Å². The van der Waals surface area contributed by atoms with E-state index >= 15 is 0 Å². The van der Waals surface area contributed by atoms with Crippen LogP contribution < -0.4 is 0 Å². The van der Waals surface area contributed by atoms with Gasteiger partial charge in [-0.3, -0.25) is 4.79 Å². The molecule has 0 bridgehead atoms. The Hall–Kier alpha value is -1.34. The number of nitrogens with zero attached hydrogens (tertiary/aromatic N) is 2. The lowest BCUT2D eigenvalue weighted by Crippen LogP contribution is -2.27. The first-order chi connectivity index (χ1) is 8.24. The molecule has 3 nitrogen and oxygen atoms in total. The maximum atomic E-state index is 12.2. The van der Waals surface area contributed by atoms with Gasteiger partial charge in [0.05, 0.1) is 11.6 Å². The molecule has 0 saturated heterocycles. The van der Waals surface area contributed by atoms with Crippen LogP contribution in [0.25, 0.3) is 0 Å². The average molecular weight is 248 g/mol. The molecule has 0 unspecified atom stereocenters. The second-order valence-electron chi connectivity index (χ2n) is 4.43. The van der Waals surface area contributed by atoms with E-state index in [1.807, 2.05) is 11.4 Å². The van der Waals surface area contributed by atoms with Crippen molar-refractivity contribution < 1.29 is 4.79 Å². The number of carbonyl (C=O) groups excluding carboxylic acids is 1. The van der Waals surface area contributed by atoms with Crippen LogP contribution in [0.15, 0.2) is 5.38 Å². The maximum absolute atomic E-state index is 12.2. The van der Waals surface area contributed by atoms with E-state index < -0.39 is 0 Å². The van der Waals surface area contributed by atoms with E-state index in [-0.39, 0.29) is 12.5 Å². The summed E-state index contributed by atoms with van der Waals surface area (Å²) >= 11 is 1.70. The van der Waals surface area contributed by atoms with Crippen molar-refractivity contribution in [2.45, 2.75) is 32.1 Å². The first-order valence-corrected chi connectivity index (χ1v) is 6.83. The molecule has 90 valence electrons. The fourth-order valence-corrected chi connectivity index (χ4v) is 3.35. The van der Waals surface area contributed by atoms with Gasteiger partial charge in [0.2, 0.25) is 0 Å². The predicted octanol–water partition coefficient (Wildman–Crippen LogP) is 2.61. The summed E-state index contributed by atoms with van der Waals surface area (Å²) in [4.78, 5) is 15.0. The highest BCUT2D eigenvalue weighted by atomic mass is 32.1. The molecule has 0 N–H and O–H groups in total. The Morgan fingerprint density at radius 1 is 1.47 bits per heavy atom. The molecule has 4 heteroatoms. The van der Waals surface area contributed by atoms with Crippen LogP contribution in [0.5, 0.6) is 0 Å². The number of hydrogen-bond donors (Lipinski definition) is 0. The quantitative estimate of drug-likeness (QED) is 0.596. The molecule has 2 rings (SSSR count). The van der Waals surface area contributed by atoms with Gasteiger partial charge in [-0.2, -0.15) is 5.26 Å². The Labute approximate surface area is 106 Å². The van der Waals surface area contributed by atoms with Crippen LogP contribution in [-0.2, 0) is 12.8 Å². The van der Waals surface area contributed by atoms with Crippen LogP contribution in [0.1, 0.15) is 40.1 Å². The summed E-state index contributed by atoms with van der Waals surface area (Å²) in [5, 5.41) is 10.6. The van der Waals surface area contributed by atoms with Crippen molar-refractivity contribution in [1.29, 1.82) is 5.26 Å². The first kappa shape index (κ1) is 12.1. The molecule has 0 aromatic carbocycles. The Kier molecular flexibility index (Phi) is 3.80. The van der Waals surface area contributed by atoms with Crippen LogP contribution >= 0.6 is 11.3 Å². The Balaban J connectivity index is 2.25. The molecule has 0 aliphatic heterocycles. The summed E-state index contributed by atoms with van der Waals surface area (Å²) in [6.07, 6.45) is 5.78. The number of amides is 1. The third-order valence-corrected chi connectivity index (χ3v) is 4.28. The molecular formula is C13H16N2OS. The van der Waals surface area contributed by atoms with Gasteiger partial charge in [-0.05, 0) is 31.2 Å². The minimum absolute atomic E-state index is 0.00838. The zero-order chi connectivity index (χ0) is 12.3. The van der Waals surface area contributed by atoms with E-state index in [1.54, 1.807) is 18.4 Å². The van der Waals surface area contributed by atoms with Gasteiger partial charge in [-0.25, -0.2) is 0 Å². The van der Waals surface area contributed by atoms with E-state index in [0.29, 0.717) is 0 Å². The smallest absolute Gasteiger partial charge is 0.255 e. The Bertz CT molecular complexity index is 458. The van der Waals surface area contributed by atoms with E-state index in [2.05, 4.69) is 0 Å². The van der Waals surface area contributed by atoms with Crippen molar-refractivity contribution in [1.82, 2.24) is 4.90 Å². The molecule has 17 heavy (non-hydrogen) atoms. The Morgan fingerprint density at radius 2 is 2.24 bits per heavy atom. The molecule has 0 saturated carbocycles. The monoisotopic (exact) mass is 248 g/mol. The van der Waals surface area contributed by atoms with Crippen LogP contribution in [0.3, 0.4) is 0 Å². The number of thiophene rings is 1. The van der Waals surface area contributed by atoms with Crippen LogP contribution in [0, 0.1) is 11.3 Å². The van der Waals surface area contributed by atoms with Crippen molar-refractivity contribution in [3.63, 3.8) is 0 Å². The van der Waals surface area contributed by atoms with Gasteiger partial charge in [0.25, 0.3) is 5.91 Å². The minimum Gasteiger partial charge on any atom is -0.328 e. The van der Waals surface area contributed by atoms with Gasteiger partial charge in [0.1, 0.15) is 6.54 Å². The van der Waals surface area contributed by atoms with E-state index in [4.69, 9.17) is 5.26 Å². The first-order valence-electron chi connectivity index (χ1n) is 5.95. The normalized spacial score (nSPS) is 14.6. The third-order valence-electron chi connectivity index (χ3n) is 3.20. The fourth-order valence-electron chi connectivity index (χ4n) is 2.23. The topological polar surface area (TPSA) is 44.1 Å². The molecule has 1 aromatic rings. The zero-order valence-corrected chi connectivity index (χ0v) is 10.8. The number of rotatable bonds is 2. The van der Waals surface area contributed by atoms with Crippen LogP contribution in [0.2, 0.25) is 0 Å². The lowest BCUT2D eigenvalue weighted by atomic mass is 10.1. The molecule has 0 atom stereocenters. The van der Waals surface area contributed by atoms with Gasteiger partial charge >= 0.3 is 0 Å². The summed E-state index contributed by atoms with van der Waals surface area (Å²) in [6.45, 7) is 0.156. The highest BCUT2D eigenvalue weighted by Crippen LogP contribution is 2.30. The number of nitriles is 1. The summed E-state index contributed by atoms with van der Waals surface area (Å²) < 4.78 is 0. The third kappa shape index (κ3) is 2.50. The highest BCUT2D eigenvalue weighted by Gasteiger charge is 2.21. The van der Waals surface area contributed by atoms with E-state index in [0.717, 1.165) is 18.4 Å². The average Bonchev–Trinajstić information content (AvgIpc) is 2.57. The molecule has 1 amide bonds. The Morgan fingerprint density at radius 3 is 3.00 bits per heavy atom. The molecule has 0 fully saturated rings.